The van der Waals surface area contributed by atoms with Crippen molar-refractivity contribution in [1.29, 1.82) is 0 Å². The fourth-order valence-electron chi connectivity index (χ4n) is 5.71. The van der Waals surface area contributed by atoms with Gasteiger partial charge in [-0.3, -0.25) is 0 Å². The predicted octanol–water partition coefficient (Wildman–Crippen LogP) is 1.11. The van der Waals surface area contributed by atoms with Gasteiger partial charge < -0.3 is 59.8 Å². The van der Waals surface area contributed by atoms with Crippen molar-refractivity contribution >= 4 is 0 Å². The Morgan fingerprint density at radius 3 is 1.19 bits per heavy atom. The molecule has 0 radical (unpaired) electrons. The van der Waals surface area contributed by atoms with E-state index in [0.29, 0.717) is 6.42 Å². The Morgan fingerprint density at radius 2 is 0.837 bits per heavy atom. The van der Waals surface area contributed by atoms with Gasteiger partial charge in [-0.25, -0.2) is 0 Å². The monoisotopic (exact) mass is 624 g/mol. The minimum atomic E-state index is -1.55. The first-order valence-electron chi connectivity index (χ1n) is 16.6. The zero-order valence-electron chi connectivity index (χ0n) is 26.0. The fraction of sp³-hybridized carbons (Fsp3) is 1.00. The van der Waals surface area contributed by atoms with Crippen LogP contribution in [0, 0.1) is 5.92 Å². The molecule has 0 amide bonds. The van der Waals surface area contributed by atoms with Crippen LogP contribution in [0.2, 0.25) is 0 Å². The molecule has 12 nitrogen and oxygen atoms in total. The van der Waals surface area contributed by atoms with Crippen LogP contribution in [-0.2, 0) is 18.9 Å². The quantitative estimate of drug-likeness (QED) is 0.0755. The molecular formula is C31H60O12. The summed E-state index contributed by atoms with van der Waals surface area (Å²) >= 11 is 0. The average molecular weight is 625 g/mol. The summed E-state index contributed by atoms with van der Waals surface area (Å²) in [6.45, 7) is 1.20. The molecule has 2 saturated heterocycles. The van der Waals surface area contributed by atoms with Crippen molar-refractivity contribution in [3.8, 4) is 0 Å². The first-order valence-corrected chi connectivity index (χ1v) is 16.6. The molecule has 0 spiro atoms. The van der Waals surface area contributed by atoms with E-state index in [0.717, 1.165) is 19.3 Å². The Kier molecular flexibility index (Phi) is 19.9. The molecule has 2 heterocycles. The van der Waals surface area contributed by atoms with Crippen molar-refractivity contribution in [2.75, 3.05) is 26.4 Å². The van der Waals surface area contributed by atoms with Crippen molar-refractivity contribution in [2.45, 2.75) is 165 Å². The Labute approximate surface area is 256 Å². The molecule has 2 fully saturated rings. The normalized spacial score (nSPS) is 34.0. The third-order valence-corrected chi connectivity index (χ3v) is 8.66. The second-order valence-corrected chi connectivity index (χ2v) is 12.3. The first-order chi connectivity index (χ1) is 20.7. The lowest BCUT2D eigenvalue weighted by molar-refractivity contribution is -0.312. The van der Waals surface area contributed by atoms with Crippen LogP contribution in [0.4, 0.5) is 0 Å². The van der Waals surface area contributed by atoms with Crippen LogP contribution >= 0.6 is 0 Å². The molecule has 0 aliphatic carbocycles. The predicted molar refractivity (Wildman–Crippen MR) is 158 cm³/mol. The van der Waals surface area contributed by atoms with E-state index in [1.807, 2.05) is 0 Å². The number of aliphatic hydroxyl groups excluding tert-OH is 8. The Bertz CT molecular complexity index is 643. The molecule has 1 unspecified atom stereocenters. The summed E-state index contributed by atoms with van der Waals surface area (Å²) in [5.74, 6) is -0.253. The van der Waals surface area contributed by atoms with Gasteiger partial charge in [-0.05, 0) is 6.42 Å². The third-order valence-electron chi connectivity index (χ3n) is 8.66. The first kappa shape index (κ1) is 38.7. The van der Waals surface area contributed by atoms with Gasteiger partial charge in [0.05, 0.1) is 26.4 Å². The summed E-state index contributed by atoms with van der Waals surface area (Å²) < 4.78 is 22.4. The van der Waals surface area contributed by atoms with E-state index < -0.39 is 74.6 Å². The van der Waals surface area contributed by atoms with Crippen molar-refractivity contribution in [2.24, 2.45) is 5.92 Å². The molecule has 2 aliphatic rings. The average Bonchev–Trinajstić information content (AvgIpc) is 3.01. The van der Waals surface area contributed by atoms with E-state index in [-0.39, 0.29) is 19.1 Å². The van der Waals surface area contributed by atoms with E-state index in [1.165, 1.54) is 70.6 Å². The van der Waals surface area contributed by atoms with Gasteiger partial charge in [0.15, 0.2) is 12.6 Å². The van der Waals surface area contributed by atoms with Gasteiger partial charge in [-0.2, -0.15) is 0 Å². The van der Waals surface area contributed by atoms with Gasteiger partial charge in [0.25, 0.3) is 0 Å². The van der Waals surface area contributed by atoms with Crippen molar-refractivity contribution in [3.63, 3.8) is 0 Å². The Balaban J connectivity index is 1.77. The maximum atomic E-state index is 10.3. The molecule has 2 aliphatic heterocycles. The number of hydrogen-bond donors (Lipinski definition) is 8. The van der Waals surface area contributed by atoms with Gasteiger partial charge in [-0.1, -0.05) is 96.8 Å². The van der Waals surface area contributed by atoms with Gasteiger partial charge in [0.1, 0.15) is 48.8 Å². The lowest BCUT2D eigenvalue weighted by atomic mass is 9.98. The second kappa shape index (κ2) is 22.1. The van der Waals surface area contributed by atoms with Crippen LogP contribution < -0.4 is 0 Å². The standard InChI is InChI=1S/C31H60O12/c1-2-3-4-5-6-7-8-9-10-11-12-13-14-15-16-21(19-40-30-28(38)26(36)24(34)22(17-32)42-30)20-41-31-29(39)27(37)25(35)23(18-33)43-31/h21-39H,2-20H2,1H3/t21?,22-,23-,24-,25-,26+,27+,28-,29-,30-,31+/m1/s1. The molecule has 43 heavy (non-hydrogen) atoms. The van der Waals surface area contributed by atoms with E-state index in [9.17, 15) is 40.9 Å². The maximum Gasteiger partial charge on any atom is 0.186 e. The molecule has 0 aromatic carbocycles. The van der Waals surface area contributed by atoms with Gasteiger partial charge >= 0.3 is 0 Å². The Hall–Kier alpha value is -0.480. The number of aliphatic hydroxyl groups is 8. The van der Waals surface area contributed by atoms with E-state index in [4.69, 9.17) is 18.9 Å². The van der Waals surface area contributed by atoms with E-state index >= 15 is 0 Å². The Morgan fingerprint density at radius 1 is 0.488 bits per heavy atom. The summed E-state index contributed by atoms with van der Waals surface area (Å²) in [7, 11) is 0. The van der Waals surface area contributed by atoms with E-state index in [1.54, 1.807) is 0 Å². The highest BCUT2D eigenvalue weighted by molar-refractivity contribution is 4.90. The lowest BCUT2D eigenvalue weighted by Gasteiger charge is -2.41. The van der Waals surface area contributed by atoms with Crippen LogP contribution in [0.1, 0.15) is 103 Å². The molecule has 12 heteroatoms. The van der Waals surface area contributed by atoms with Gasteiger partial charge in [0.2, 0.25) is 0 Å². The van der Waals surface area contributed by atoms with Gasteiger partial charge in [-0.15, -0.1) is 0 Å². The molecule has 2 rings (SSSR count). The highest BCUT2D eigenvalue weighted by Crippen LogP contribution is 2.26. The number of rotatable bonds is 23. The maximum absolute atomic E-state index is 10.3. The van der Waals surface area contributed by atoms with Crippen LogP contribution in [0.15, 0.2) is 0 Å². The summed E-state index contributed by atoms with van der Waals surface area (Å²) in [5, 5.41) is 79.7. The van der Waals surface area contributed by atoms with Gasteiger partial charge in [0, 0.05) is 5.92 Å². The summed E-state index contributed by atoms with van der Waals surface area (Å²) in [6.07, 6.45) is 4.11. The molecule has 11 atom stereocenters. The topological polar surface area (TPSA) is 199 Å². The van der Waals surface area contributed by atoms with E-state index in [2.05, 4.69) is 6.92 Å². The summed E-state index contributed by atoms with van der Waals surface area (Å²) in [6, 6.07) is 0. The molecular weight excluding hydrogens is 564 g/mol. The fourth-order valence-corrected chi connectivity index (χ4v) is 5.71. The number of unbranched alkanes of at least 4 members (excludes halogenated alkanes) is 13. The van der Waals surface area contributed by atoms with Crippen LogP contribution in [0.3, 0.4) is 0 Å². The minimum Gasteiger partial charge on any atom is -0.394 e. The van der Waals surface area contributed by atoms with Crippen LogP contribution in [-0.4, -0.2) is 129 Å². The van der Waals surface area contributed by atoms with Crippen molar-refractivity contribution in [3.05, 3.63) is 0 Å². The lowest BCUT2D eigenvalue weighted by Crippen LogP contribution is -2.59. The SMILES string of the molecule is CCCCCCCCCCCCCCCCC(CO[C@@H]1O[C@H](CO)[C@@H](O)[C@H](O)[C@H]1O)CO[C@H]1O[C@H](CO)[C@@H](O)[C@H](O)[C@H]1O. The summed E-state index contributed by atoms with van der Waals surface area (Å²) in [4.78, 5) is 0. The molecule has 0 bridgehead atoms. The number of ether oxygens (including phenoxy) is 4. The molecule has 256 valence electrons. The molecule has 0 aromatic rings. The summed E-state index contributed by atoms with van der Waals surface area (Å²) in [5.41, 5.74) is 0. The van der Waals surface area contributed by atoms with Crippen molar-refractivity contribution in [1.82, 2.24) is 0 Å². The highest BCUT2D eigenvalue weighted by Gasteiger charge is 2.45. The minimum absolute atomic E-state index is 0.0402. The zero-order valence-corrected chi connectivity index (χ0v) is 26.0. The van der Waals surface area contributed by atoms with Crippen LogP contribution in [0.5, 0.6) is 0 Å². The molecule has 0 aromatic heterocycles. The molecule has 0 saturated carbocycles. The highest BCUT2D eigenvalue weighted by atomic mass is 16.7. The third kappa shape index (κ3) is 13.4. The zero-order chi connectivity index (χ0) is 31.6. The van der Waals surface area contributed by atoms with Crippen LogP contribution in [0.25, 0.3) is 0 Å². The largest absolute Gasteiger partial charge is 0.394 e. The smallest absolute Gasteiger partial charge is 0.186 e. The molecule has 8 N–H and O–H groups in total. The van der Waals surface area contributed by atoms with Crippen molar-refractivity contribution < 1.29 is 59.8 Å². The number of hydrogen-bond acceptors (Lipinski definition) is 12. The second-order valence-electron chi connectivity index (χ2n) is 12.3.